The van der Waals surface area contributed by atoms with Crippen molar-refractivity contribution in [1.82, 2.24) is 4.90 Å². The molecule has 1 N–H and O–H groups in total. The molecule has 1 aliphatic rings. The first kappa shape index (κ1) is 36.3. The highest BCUT2D eigenvalue weighted by molar-refractivity contribution is 7.91. The number of halogens is 3. The number of aldehydes is 1. The number of anilines is 1. The molecular weight excluding hydrogens is 625 g/mol. The number of amides is 1. The number of likely N-dealkylation sites (tertiary alicyclic amines) is 1. The normalized spacial score (nSPS) is 15.7. The van der Waals surface area contributed by atoms with Crippen molar-refractivity contribution in [3.8, 4) is 11.1 Å². The van der Waals surface area contributed by atoms with Gasteiger partial charge < -0.3 is 15.0 Å². The van der Waals surface area contributed by atoms with Crippen LogP contribution >= 0.6 is 0 Å². The van der Waals surface area contributed by atoms with Crippen molar-refractivity contribution in [2.75, 3.05) is 30.7 Å². The van der Waals surface area contributed by atoms with E-state index in [4.69, 9.17) is 0 Å². The second kappa shape index (κ2) is 14.7. The van der Waals surface area contributed by atoms with Crippen LogP contribution in [0.4, 0.5) is 18.9 Å². The molecule has 3 aromatic rings. The fourth-order valence-corrected chi connectivity index (χ4v) is 6.99. The third kappa shape index (κ3) is 9.54. The molecule has 1 unspecified atom stereocenters. The minimum Gasteiger partial charge on any atom is -0.326 e. The van der Waals surface area contributed by atoms with Crippen LogP contribution in [0.25, 0.3) is 11.1 Å². The van der Waals surface area contributed by atoms with Crippen LogP contribution in [0.2, 0.25) is 0 Å². The van der Waals surface area contributed by atoms with Gasteiger partial charge in [0.1, 0.15) is 6.29 Å². The molecule has 6 nitrogen and oxygen atoms in total. The lowest BCUT2D eigenvalue weighted by Crippen LogP contribution is -2.41. The van der Waals surface area contributed by atoms with Crippen LogP contribution in [0.15, 0.2) is 65.6 Å². The SMILES string of the molecule is CCS(=O)(=O)c1ccc(CC(=O)Nc2ccc(-c3ccc(CC4CCN(CC(C=O)C(C)(C)C)CC4)cc3C(F)(F)F)c(C)c2)cc1. The van der Waals surface area contributed by atoms with Crippen LogP contribution in [0.1, 0.15) is 62.8 Å². The van der Waals surface area contributed by atoms with Gasteiger partial charge in [-0.2, -0.15) is 13.2 Å². The summed E-state index contributed by atoms with van der Waals surface area (Å²) in [6.45, 7) is 11.8. The third-order valence-electron chi connectivity index (χ3n) is 9.18. The molecule has 0 aliphatic carbocycles. The smallest absolute Gasteiger partial charge is 0.326 e. The van der Waals surface area contributed by atoms with Crippen molar-refractivity contribution in [3.05, 3.63) is 82.9 Å². The van der Waals surface area contributed by atoms with Gasteiger partial charge in [-0.3, -0.25) is 4.79 Å². The summed E-state index contributed by atoms with van der Waals surface area (Å²) in [7, 11) is -3.34. The number of aryl methyl sites for hydroxylation is 1. The van der Waals surface area contributed by atoms with Crippen LogP contribution in [0.3, 0.4) is 0 Å². The number of carbonyl (C=O) groups excluding carboxylic acids is 2. The third-order valence-corrected chi connectivity index (χ3v) is 10.9. The van der Waals surface area contributed by atoms with Gasteiger partial charge in [-0.25, -0.2) is 8.42 Å². The van der Waals surface area contributed by atoms with Gasteiger partial charge in [-0.1, -0.05) is 58.0 Å². The Bertz CT molecular complexity index is 1670. The zero-order valence-corrected chi connectivity index (χ0v) is 28.6. The van der Waals surface area contributed by atoms with Crippen LogP contribution in [0.5, 0.6) is 0 Å². The van der Waals surface area contributed by atoms with Gasteiger partial charge in [0.2, 0.25) is 5.91 Å². The summed E-state index contributed by atoms with van der Waals surface area (Å²) >= 11 is 0. The number of sulfone groups is 1. The van der Waals surface area contributed by atoms with Crippen LogP contribution in [0, 0.1) is 24.2 Å². The first-order valence-electron chi connectivity index (χ1n) is 16.1. The van der Waals surface area contributed by atoms with E-state index in [-0.39, 0.29) is 45.8 Å². The molecule has 3 aromatic carbocycles. The highest BCUT2D eigenvalue weighted by Crippen LogP contribution is 2.40. The number of piperidine rings is 1. The monoisotopic (exact) mass is 670 g/mol. The maximum atomic E-state index is 14.4. The van der Waals surface area contributed by atoms with Crippen molar-refractivity contribution < 1.29 is 31.2 Å². The molecule has 47 heavy (non-hydrogen) atoms. The minimum atomic E-state index is -4.54. The molecule has 0 spiro atoms. The van der Waals surface area contributed by atoms with E-state index in [1.807, 2.05) is 0 Å². The minimum absolute atomic E-state index is 0.0142. The summed E-state index contributed by atoms with van der Waals surface area (Å²) in [4.78, 5) is 26.8. The summed E-state index contributed by atoms with van der Waals surface area (Å²) in [6, 6.07) is 15.6. The number of carbonyl (C=O) groups is 2. The Balaban J connectivity index is 1.42. The largest absolute Gasteiger partial charge is 0.417 e. The molecule has 0 aromatic heterocycles. The van der Waals surface area contributed by atoms with Crippen LogP contribution in [-0.2, 0) is 38.4 Å². The van der Waals surface area contributed by atoms with Gasteiger partial charge in [-0.05, 0) is 109 Å². The Hall–Kier alpha value is -3.50. The predicted molar refractivity (Wildman–Crippen MR) is 180 cm³/mol. The number of rotatable bonds is 11. The quantitative estimate of drug-likeness (QED) is 0.211. The van der Waals surface area contributed by atoms with E-state index < -0.39 is 21.6 Å². The standard InChI is InChI=1S/C37H45F3N2O4S/c1-6-47(45,46)31-11-7-26(8-12-31)22-35(44)41-30-10-14-32(25(2)19-30)33-13-9-28(21-34(33)37(38,39)40)20-27-15-17-42(18-16-27)23-29(24-43)36(3,4)5/h7-14,19,21,24,27,29H,6,15-18,20,22-23H2,1-5H3,(H,41,44). The topological polar surface area (TPSA) is 83.6 Å². The van der Waals surface area contributed by atoms with E-state index in [0.717, 1.165) is 32.2 Å². The molecule has 10 heteroatoms. The number of benzene rings is 3. The average molecular weight is 671 g/mol. The Morgan fingerprint density at radius 3 is 2.13 bits per heavy atom. The molecular formula is C37H45F3N2O4S. The Labute approximate surface area is 276 Å². The maximum absolute atomic E-state index is 14.4. The lowest BCUT2D eigenvalue weighted by atomic mass is 9.80. The van der Waals surface area contributed by atoms with Gasteiger partial charge >= 0.3 is 6.18 Å². The predicted octanol–water partition coefficient (Wildman–Crippen LogP) is 7.77. The molecule has 1 fully saturated rings. The molecule has 4 rings (SSSR count). The molecule has 1 atom stereocenters. The van der Waals surface area contributed by atoms with E-state index >= 15 is 0 Å². The van der Waals surface area contributed by atoms with Gasteiger partial charge in [0, 0.05) is 18.2 Å². The maximum Gasteiger partial charge on any atom is 0.417 e. The number of hydrogen-bond donors (Lipinski definition) is 1. The average Bonchev–Trinajstić information content (AvgIpc) is 3.00. The zero-order chi connectivity index (χ0) is 34.6. The highest BCUT2D eigenvalue weighted by Gasteiger charge is 2.35. The highest BCUT2D eigenvalue weighted by atomic mass is 32.2. The van der Waals surface area contributed by atoms with Crippen LogP contribution in [-0.4, -0.2) is 50.9 Å². The fourth-order valence-electron chi connectivity index (χ4n) is 6.11. The first-order chi connectivity index (χ1) is 22.0. The molecule has 0 bridgehead atoms. The van der Waals surface area contributed by atoms with Crippen LogP contribution < -0.4 is 5.32 Å². The lowest BCUT2D eigenvalue weighted by Gasteiger charge is -2.36. The molecule has 0 saturated carbocycles. The van der Waals surface area contributed by atoms with E-state index in [1.165, 1.54) is 18.2 Å². The zero-order valence-electron chi connectivity index (χ0n) is 27.8. The lowest BCUT2D eigenvalue weighted by molar-refractivity contribution is -0.137. The molecule has 1 heterocycles. The summed E-state index contributed by atoms with van der Waals surface area (Å²) in [6.07, 6.45) is -1.19. The van der Waals surface area contributed by atoms with Gasteiger partial charge in [0.15, 0.2) is 9.84 Å². The van der Waals surface area contributed by atoms with E-state index in [1.54, 1.807) is 56.3 Å². The first-order valence-corrected chi connectivity index (χ1v) is 17.8. The number of alkyl halides is 3. The number of nitrogens with one attached hydrogen (secondary N) is 1. The molecule has 254 valence electrons. The van der Waals surface area contributed by atoms with Crippen molar-refractivity contribution >= 4 is 27.7 Å². The Morgan fingerprint density at radius 2 is 1.57 bits per heavy atom. The Kier molecular flexibility index (Phi) is 11.4. The second-order valence-corrected chi connectivity index (χ2v) is 16.0. The molecule has 0 radical (unpaired) electrons. The number of hydrogen-bond acceptors (Lipinski definition) is 5. The van der Waals surface area contributed by atoms with Gasteiger partial charge in [-0.15, -0.1) is 0 Å². The number of nitrogens with zero attached hydrogens (tertiary/aromatic N) is 1. The molecule has 1 amide bonds. The second-order valence-electron chi connectivity index (χ2n) is 13.7. The van der Waals surface area contributed by atoms with Gasteiger partial charge in [0.25, 0.3) is 0 Å². The van der Waals surface area contributed by atoms with E-state index in [2.05, 4.69) is 31.0 Å². The Morgan fingerprint density at radius 1 is 0.957 bits per heavy atom. The summed E-state index contributed by atoms with van der Waals surface area (Å²) < 4.78 is 67.2. The molecule has 1 aliphatic heterocycles. The summed E-state index contributed by atoms with van der Waals surface area (Å²) in [5, 5.41) is 2.79. The van der Waals surface area contributed by atoms with Crippen molar-refractivity contribution in [1.29, 1.82) is 0 Å². The van der Waals surface area contributed by atoms with Gasteiger partial charge in [0.05, 0.1) is 22.6 Å². The fraction of sp³-hybridized carbons (Fsp3) is 0.459. The summed E-state index contributed by atoms with van der Waals surface area (Å²) in [5.41, 5.74) is 2.08. The molecule has 1 saturated heterocycles. The van der Waals surface area contributed by atoms with Crippen molar-refractivity contribution in [2.45, 2.75) is 71.4 Å². The van der Waals surface area contributed by atoms with Crippen molar-refractivity contribution in [3.63, 3.8) is 0 Å². The van der Waals surface area contributed by atoms with E-state index in [0.29, 0.717) is 40.9 Å². The van der Waals surface area contributed by atoms with E-state index in [9.17, 15) is 31.2 Å². The summed E-state index contributed by atoms with van der Waals surface area (Å²) in [5.74, 6) is -0.130. The van der Waals surface area contributed by atoms with Crippen molar-refractivity contribution in [2.24, 2.45) is 17.3 Å².